The van der Waals surface area contributed by atoms with Gasteiger partial charge in [0.1, 0.15) is 11.5 Å². The Hall–Kier alpha value is -2.61. The predicted molar refractivity (Wildman–Crippen MR) is 91.6 cm³/mol. The van der Waals surface area contributed by atoms with Crippen molar-refractivity contribution < 1.29 is 9.21 Å². The minimum Gasteiger partial charge on any atom is -0.455 e. The summed E-state index contributed by atoms with van der Waals surface area (Å²) in [5.41, 5.74) is 3.59. The fourth-order valence-corrected chi connectivity index (χ4v) is 3.51. The summed E-state index contributed by atoms with van der Waals surface area (Å²) < 4.78 is 6.25. The first-order valence-electron chi connectivity index (χ1n) is 7.89. The number of hydrogen-bond acceptors (Lipinski definition) is 2. The molecule has 0 radical (unpaired) electrons. The Balaban J connectivity index is 2.03. The monoisotopic (exact) mass is 302 g/mol. The lowest BCUT2D eigenvalue weighted by Crippen LogP contribution is -2.13. The molecule has 3 aromatic rings. The van der Waals surface area contributed by atoms with Gasteiger partial charge in [0.05, 0.1) is 5.56 Å². The molecular weight excluding hydrogens is 284 g/mol. The molecule has 2 aromatic carbocycles. The van der Waals surface area contributed by atoms with E-state index in [1.165, 1.54) is 0 Å². The average molecular weight is 302 g/mol. The highest BCUT2D eigenvalue weighted by molar-refractivity contribution is 6.08. The van der Waals surface area contributed by atoms with Crippen molar-refractivity contribution in [2.45, 2.75) is 25.7 Å². The maximum absolute atomic E-state index is 12.7. The Morgan fingerprint density at radius 1 is 0.826 bits per heavy atom. The maximum atomic E-state index is 12.7. The molecule has 1 heterocycles. The molecule has 2 heteroatoms. The Morgan fingerprint density at radius 3 is 1.91 bits per heavy atom. The first-order valence-corrected chi connectivity index (χ1v) is 7.89. The summed E-state index contributed by atoms with van der Waals surface area (Å²) in [6, 6.07) is 19.9. The van der Waals surface area contributed by atoms with Crippen molar-refractivity contribution in [2.75, 3.05) is 0 Å². The number of carbonyl (C=O) groups excluding carboxylic acids is 1. The van der Waals surface area contributed by atoms with Gasteiger partial charge in [-0.3, -0.25) is 4.79 Å². The van der Waals surface area contributed by atoms with E-state index >= 15 is 0 Å². The standard InChI is InChI=1S/C21H18O2/c1-21(2)13-16(22)17-18(21)20(15-11-7-4-8-12-15)23-19(17)14-9-5-3-6-10-14/h3-12H,13H2,1-2H3. The second-order valence-electron chi connectivity index (χ2n) is 6.73. The number of hydrogen-bond donors (Lipinski definition) is 0. The third-order valence-electron chi connectivity index (χ3n) is 4.54. The highest BCUT2D eigenvalue weighted by Crippen LogP contribution is 2.49. The van der Waals surface area contributed by atoms with Crippen LogP contribution in [-0.2, 0) is 5.41 Å². The molecule has 4 rings (SSSR count). The molecule has 23 heavy (non-hydrogen) atoms. The summed E-state index contributed by atoms with van der Waals surface area (Å²) in [4.78, 5) is 12.7. The largest absolute Gasteiger partial charge is 0.455 e. The molecule has 0 atom stereocenters. The molecule has 0 unspecified atom stereocenters. The van der Waals surface area contributed by atoms with Crippen molar-refractivity contribution in [3.8, 4) is 22.6 Å². The molecule has 0 fully saturated rings. The smallest absolute Gasteiger partial charge is 0.167 e. The van der Waals surface area contributed by atoms with Gasteiger partial charge in [-0.2, -0.15) is 0 Å². The number of ketones is 1. The van der Waals surface area contributed by atoms with E-state index in [9.17, 15) is 4.79 Å². The van der Waals surface area contributed by atoms with Gasteiger partial charge < -0.3 is 4.42 Å². The van der Waals surface area contributed by atoms with Crippen molar-refractivity contribution in [1.29, 1.82) is 0 Å². The van der Waals surface area contributed by atoms with Crippen molar-refractivity contribution in [2.24, 2.45) is 0 Å². The lowest BCUT2D eigenvalue weighted by atomic mass is 9.85. The van der Waals surface area contributed by atoms with E-state index < -0.39 is 0 Å². The number of fused-ring (bicyclic) bond motifs is 1. The highest BCUT2D eigenvalue weighted by Gasteiger charge is 2.43. The third kappa shape index (κ3) is 2.14. The van der Waals surface area contributed by atoms with Crippen LogP contribution in [0.5, 0.6) is 0 Å². The highest BCUT2D eigenvalue weighted by atomic mass is 16.3. The summed E-state index contributed by atoms with van der Waals surface area (Å²) in [6.45, 7) is 4.24. The molecule has 0 saturated heterocycles. The van der Waals surface area contributed by atoms with Gasteiger partial charge in [-0.15, -0.1) is 0 Å². The van der Waals surface area contributed by atoms with Gasteiger partial charge in [0.2, 0.25) is 0 Å². The lowest BCUT2D eigenvalue weighted by molar-refractivity contribution is 0.0978. The van der Waals surface area contributed by atoms with Crippen molar-refractivity contribution in [3.63, 3.8) is 0 Å². The summed E-state index contributed by atoms with van der Waals surface area (Å²) in [5, 5.41) is 0. The Bertz CT molecular complexity index is 871. The van der Waals surface area contributed by atoms with Crippen LogP contribution in [-0.4, -0.2) is 5.78 Å². The van der Waals surface area contributed by atoms with Crippen molar-refractivity contribution in [3.05, 3.63) is 71.8 Å². The molecular formula is C21H18O2. The third-order valence-corrected chi connectivity index (χ3v) is 4.54. The van der Waals surface area contributed by atoms with E-state index in [1.807, 2.05) is 60.7 Å². The van der Waals surface area contributed by atoms with E-state index in [2.05, 4.69) is 13.8 Å². The van der Waals surface area contributed by atoms with Crippen LogP contribution in [0.2, 0.25) is 0 Å². The van der Waals surface area contributed by atoms with E-state index in [0.29, 0.717) is 12.2 Å². The number of furan rings is 1. The van der Waals surface area contributed by atoms with E-state index in [0.717, 1.165) is 28.0 Å². The second kappa shape index (κ2) is 4.95. The molecule has 0 N–H and O–H groups in total. The Morgan fingerprint density at radius 2 is 1.35 bits per heavy atom. The second-order valence-corrected chi connectivity index (χ2v) is 6.73. The van der Waals surface area contributed by atoms with Crippen LogP contribution in [0.3, 0.4) is 0 Å². The first kappa shape index (κ1) is 14.0. The fourth-order valence-electron chi connectivity index (χ4n) is 3.51. The van der Waals surface area contributed by atoms with Gasteiger partial charge in [-0.05, 0) is 0 Å². The molecule has 1 aromatic heterocycles. The molecule has 2 nitrogen and oxygen atoms in total. The molecule has 0 aliphatic heterocycles. The van der Waals surface area contributed by atoms with Gasteiger partial charge in [-0.1, -0.05) is 74.5 Å². The summed E-state index contributed by atoms with van der Waals surface area (Å²) >= 11 is 0. The zero-order valence-electron chi connectivity index (χ0n) is 13.3. The summed E-state index contributed by atoms with van der Waals surface area (Å²) in [5.74, 6) is 1.71. The minimum absolute atomic E-state index is 0.176. The topological polar surface area (TPSA) is 30.2 Å². The van der Waals surface area contributed by atoms with Crippen LogP contribution >= 0.6 is 0 Å². The van der Waals surface area contributed by atoms with Crippen LogP contribution in [0, 0.1) is 0 Å². The Kier molecular flexibility index (Phi) is 3.02. The van der Waals surface area contributed by atoms with Crippen LogP contribution < -0.4 is 0 Å². The minimum atomic E-state index is -0.200. The maximum Gasteiger partial charge on any atom is 0.167 e. The SMILES string of the molecule is CC1(C)CC(=O)c2c(-c3ccccc3)oc(-c3ccccc3)c21. The first-order chi connectivity index (χ1) is 11.1. The van der Waals surface area contributed by atoms with Crippen LogP contribution in [0.4, 0.5) is 0 Å². The Labute approximate surface area is 135 Å². The number of rotatable bonds is 2. The summed E-state index contributed by atoms with van der Waals surface area (Å²) in [6.07, 6.45) is 0.535. The molecule has 114 valence electrons. The van der Waals surface area contributed by atoms with Gasteiger partial charge in [0.25, 0.3) is 0 Å². The fraction of sp³-hybridized carbons (Fsp3) is 0.190. The van der Waals surface area contributed by atoms with Crippen molar-refractivity contribution >= 4 is 5.78 Å². The van der Waals surface area contributed by atoms with Crippen molar-refractivity contribution in [1.82, 2.24) is 0 Å². The molecule has 0 bridgehead atoms. The van der Waals surface area contributed by atoms with Crippen LogP contribution in [0.1, 0.15) is 36.2 Å². The van der Waals surface area contributed by atoms with Gasteiger partial charge in [0.15, 0.2) is 5.78 Å². The summed E-state index contributed by atoms with van der Waals surface area (Å²) in [7, 11) is 0. The average Bonchev–Trinajstić information content (AvgIpc) is 3.07. The quantitative estimate of drug-likeness (QED) is 0.627. The molecule has 1 aliphatic carbocycles. The van der Waals surface area contributed by atoms with Gasteiger partial charge in [-0.25, -0.2) is 0 Å². The van der Waals surface area contributed by atoms with E-state index in [-0.39, 0.29) is 11.2 Å². The molecule has 1 aliphatic rings. The van der Waals surface area contributed by atoms with Gasteiger partial charge >= 0.3 is 0 Å². The van der Waals surface area contributed by atoms with E-state index in [4.69, 9.17) is 4.42 Å². The van der Waals surface area contributed by atoms with Gasteiger partial charge in [0, 0.05) is 28.5 Å². The number of benzene rings is 2. The van der Waals surface area contributed by atoms with E-state index in [1.54, 1.807) is 0 Å². The molecule has 0 amide bonds. The normalized spacial score (nSPS) is 15.7. The zero-order valence-corrected chi connectivity index (χ0v) is 13.3. The zero-order chi connectivity index (χ0) is 16.0. The number of Topliss-reactive ketones (excluding diaryl/α,β-unsaturated/α-hetero) is 1. The van der Waals surface area contributed by atoms with Crippen LogP contribution in [0.25, 0.3) is 22.6 Å². The molecule has 0 saturated carbocycles. The van der Waals surface area contributed by atoms with Crippen LogP contribution in [0.15, 0.2) is 65.1 Å². The number of carbonyl (C=O) groups is 1. The lowest BCUT2D eigenvalue weighted by Gasteiger charge is -2.17. The predicted octanol–water partition coefficient (Wildman–Crippen LogP) is 5.48. The molecule has 0 spiro atoms.